The first-order chi connectivity index (χ1) is 9.46. The number of urea groups is 1. The van der Waals surface area contributed by atoms with Gasteiger partial charge in [0.1, 0.15) is 0 Å². The molecule has 0 aromatic rings. The van der Waals surface area contributed by atoms with Gasteiger partial charge in [-0.05, 0) is 43.9 Å². The van der Waals surface area contributed by atoms with Gasteiger partial charge in [-0.15, -0.1) is 0 Å². The van der Waals surface area contributed by atoms with Gasteiger partial charge in [-0.1, -0.05) is 20.3 Å². The molecule has 0 saturated heterocycles. The first kappa shape index (κ1) is 15.1. The molecule has 0 aromatic carbocycles. The Labute approximate surface area is 120 Å². The van der Waals surface area contributed by atoms with Crippen LogP contribution in [-0.4, -0.2) is 28.7 Å². The van der Waals surface area contributed by atoms with E-state index in [0.29, 0.717) is 11.8 Å². The van der Waals surface area contributed by atoms with Crippen LogP contribution in [0.4, 0.5) is 4.79 Å². The van der Waals surface area contributed by atoms with Crippen LogP contribution in [0.1, 0.15) is 58.8 Å². The molecule has 20 heavy (non-hydrogen) atoms. The molecule has 2 amide bonds. The van der Waals surface area contributed by atoms with Gasteiger partial charge in [0.25, 0.3) is 0 Å². The Hall–Kier alpha value is -1.26. The number of nitrogens with one attached hydrogen (secondary N) is 2. The molecule has 2 saturated carbocycles. The maximum Gasteiger partial charge on any atom is 0.315 e. The minimum absolute atomic E-state index is 0.0260. The molecule has 0 heterocycles. The number of carboxylic acids is 1. The molecule has 5 heteroatoms. The number of amides is 2. The van der Waals surface area contributed by atoms with E-state index in [4.69, 9.17) is 5.11 Å². The maximum absolute atomic E-state index is 12.1. The number of carbonyl (C=O) groups excluding carboxylic acids is 1. The van der Waals surface area contributed by atoms with Crippen molar-refractivity contribution in [2.75, 3.05) is 0 Å². The van der Waals surface area contributed by atoms with Gasteiger partial charge in [-0.3, -0.25) is 4.79 Å². The lowest BCUT2D eigenvalue weighted by molar-refractivity contribution is -0.139. The van der Waals surface area contributed by atoms with E-state index < -0.39 is 11.5 Å². The lowest BCUT2D eigenvalue weighted by Crippen LogP contribution is -2.58. The smallest absolute Gasteiger partial charge is 0.315 e. The summed E-state index contributed by atoms with van der Waals surface area (Å²) in [5, 5.41) is 14.9. The Morgan fingerprint density at radius 1 is 1.30 bits per heavy atom. The largest absolute Gasteiger partial charge is 0.481 e. The Morgan fingerprint density at radius 2 is 2.00 bits per heavy atom. The summed E-state index contributed by atoms with van der Waals surface area (Å²) in [6, 6.07) is 0.0291. The summed E-state index contributed by atoms with van der Waals surface area (Å²) < 4.78 is 0. The van der Waals surface area contributed by atoms with E-state index in [1.807, 2.05) is 0 Å². The second-order valence-electron chi connectivity index (χ2n) is 6.51. The van der Waals surface area contributed by atoms with Gasteiger partial charge in [-0.2, -0.15) is 0 Å². The summed E-state index contributed by atoms with van der Waals surface area (Å²) in [5.41, 5.74) is -0.512. The van der Waals surface area contributed by atoms with Gasteiger partial charge in [0.2, 0.25) is 0 Å². The Balaban J connectivity index is 1.85. The number of carboxylic acid groups (broad SMARTS) is 1. The first-order valence-electron chi connectivity index (χ1n) is 7.76. The van der Waals surface area contributed by atoms with Crippen molar-refractivity contribution in [2.24, 2.45) is 11.8 Å². The van der Waals surface area contributed by atoms with E-state index in [2.05, 4.69) is 24.5 Å². The predicted molar refractivity (Wildman–Crippen MR) is 76.5 cm³/mol. The molecular weight excluding hydrogens is 256 g/mol. The summed E-state index contributed by atoms with van der Waals surface area (Å²) in [7, 11) is 0. The molecule has 114 valence electrons. The molecule has 0 radical (unpaired) electrons. The van der Waals surface area contributed by atoms with Crippen molar-refractivity contribution in [1.82, 2.24) is 10.6 Å². The Kier molecular flexibility index (Phi) is 4.55. The zero-order chi connectivity index (χ0) is 14.8. The molecule has 0 aliphatic heterocycles. The van der Waals surface area contributed by atoms with Crippen LogP contribution in [0.25, 0.3) is 0 Å². The summed E-state index contributed by atoms with van der Waals surface area (Å²) >= 11 is 0. The van der Waals surface area contributed by atoms with E-state index in [0.717, 1.165) is 32.1 Å². The quantitative estimate of drug-likeness (QED) is 0.725. The average molecular weight is 282 g/mol. The van der Waals surface area contributed by atoms with Crippen LogP contribution in [0.5, 0.6) is 0 Å². The second kappa shape index (κ2) is 6.02. The van der Waals surface area contributed by atoms with Crippen molar-refractivity contribution >= 4 is 12.0 Å². The van der Waals surface area contributed by atoms with Crippen LogP contribution in [0.2, 0.25) is 0 Å². The molecule has 0 aromatic heterocycles. The van der Waals surface area contributed by atoms with E-state index in [9.17, 15) is 9.59 Å². The van der Waals surface area contributed by atoms with Crippen LogP contribution in [0, 0.1) is 11.8 Å². The number of aliphatic carboxylic acids is 1. The fourth-order valence-electron chi connectivity index (χ4n) is 3.71. The highest BCUT2D eigenvalue weighted by Crippen LogP contribution is 2.36. The molecule has 2 rings (SSSR count). The summed E-state index contributed by atoms with van der Waals surface area (Å²) in [4.78, 5) is 23.0. The number of rotatable bonds is 5. The van der Waals surface area contributed by atoms with Crippen LogP contribution in [0.3, 0.4) is 0 Å². The molecular formula is C15H26N2O3. The van der Waals surface area contributed by atoms with Gasteiger partial charge in [0.15, 0.2) is 0 Å². The minimum atomic E-state index is -0.842. The third-order valence-corrected chi connectivity index (χ3v) is 5.25. The highest BCUT2D eigenvalue weighted by atomic mass is 16.4. The van der Waals surface area contributed by atoms with Crippen molar-refractivity contribution in [3.05, 3.63) is 0 Å². The third kappa shape index (κ3) is 3.25. The fourth-order valence-corrected chi connectivity index (χ4v) is 3.71. The lowest BCUT2D eigenvalue weighted by Gasteiger charge is -2.41. The van der Waals surface area contributed by atoms with Crippen LogP contribution < -0.4 is 10.6 Å². The molecule has 3 N–H and O–H groups in total. The van der Waals surface area contributed by atoms with Gasteiger partial charge < -0.3 is 15.7 Å². The molecule has 5 nitrogen and oxygen atoms in total. The second-order valence-corrected chi connectivity index (χ2v) is 6.51. The van der Waals surface area contributed by atoms with E-state index >= 15 is 0 Å². The first-order valence-corrected chi connectivity index (χ1v) is 7.76. The standard InChI is InChI=1S/C15H26N2O3/c1-3-11-5-6-12(10(11)2)16-14(20)17-15(7-4-8-15)9-13(18)19/h10-12H,3-9H2,1-2H3,(H,18,19)(H2,16,17,20). The molecule has 3 unspecified atom stereocenters. The Bertz CT molecular complexity index is 379. The molecule has 0 bridgehead atoms. The van der Waals surface area contributed by atoms with E-state index in [1.165, 1.54) is 6.42 Å². The van der Waals surface area contributed by atoms with E-state index in [-0.39, 0.29) is 18.5 Å². The zero-order valence-corrected chi connectivity index (χ0v) is 12.4. The van der Waals surface area contributed by atoms with Gasteiger partial charge in [0, 0.05) is 6.04 Å². The fraction of sp³-hybridized carbons (Fsp3) is 0.867. The van der Waals surface area contributed by atoms with Gasteiger partial charge in [-0.25, -0.2) is 4.79 Å². The SMILES string of the molecule is CCC1CCC(NC(=O)NC2(CC(=O)O)CCC2)C1C. The van der Waals surface area contributed by atoms with Crippen LogP contribution in [-0.2, 0) is 4.79 Å². The van der Waals surface area contributed by atoms with Gasteiger partial charge in [0.05, 0.1) is 12.0 Å². The van der Waals surface area contributed by atoms with Gasteiger partial charge >= 0.3 is 12.0 Å². The number of hydrogen-bond donors (Lipinski definition) is 3. The molecule has 2 aliphatic carbocycles. The normalized spacial score (nSPS) is 31.4. The number of hydrogen-bond acceptors (Lipinski definition) is 2. The molecule has 2 aliphatic rings. The van der Waals surface area contributed by atoms with Crippen molar-refractivity contribution in [2.45, 2.75) is 70.4 Å². The zero-order valence-electron chi connectivity index (χ0n) is 12.4. The van der Waals surface area contributed by atoms with E-state index in [1.54, 1.807) is 0 Å². The number of carbonyl (C=O) groups is 2. The molecule has 0 spiro atoms. The van der Waals surface area contributed by atoms with Crippen LogP contribution >= 0.6 is 0 Å². The average Bonchev–Trinajstić information content (AvgIpc) is 2.67. The summed E-state index contributed by atoms with van der Waals surface area (Å²) in [5.74, 6) is 0.352. The molecule has 2 fully saturated rings. The Morgan fingerprint density at radius 3 is 2.45 bits per heavy atom. The van der Waals surface area contributed by atoms with Crippen molar-refractivity contribution in [1.29, 1.82) is 0 Å². The summed E-state index contributed by atoms with van der Waals surface area (Å²) in [6.07, 6.45) is 5.91. The third-order valence-electron chi connectivity index (χ3n) is 5.25. The lowest BCUT2D eigenvalue weighted by atomic mass is 9.74. The topological polar surface area (TPSA) is 78.4 Å². The summed E-state index contributed by atoms with van der Waals surface area (Å²) in [6.45, 7) is 4.39. The minimum Gasteiger partial charge on any atom is -0.481 e. The highest BCUT2D eigenvalue weighted by molar-refractivity contribution is 5.77. The predicted octanol–water partition coefficient (Wildman–Crippen LogP) is 2.51. The highest BCUT2D eigenvalue weighted by Gasteiger charge is 2.41. The van der Waals surface area contributed by atoms with Crippen molar-refractivity contribution in [3.63, 3.8) is 0 Å². The van der Waals surface area contributed by atoms with Crippen molar-refractivity contribution < 1.29 is 14.7 Å². The van der Waals surface area contributed by atoms with Crippen LogP contribution in [0.15, 0.2) is 0 Å². The maximum atomic E-state index is 12.1. The van der Waals surface area contributed by atoms with Crippen molar-refractivity contribution in [3.8, 4) is 0 Å². The molecule has 3 atom stereocenters. The monoisotopic (exact) mass is 282 g/mol.